The second kappa shape index (κ2) is 6.35. The number of benzene rings is 2. The van der Waals surface area contributed by atoms with Crippen LogP contribution in [0.15, 0.2) is 48.5 Å². The zero-order valence-electron chi connectivity index (χ0n) is 11.5. The third-order valence-corrected chi connectivity index (χ3v) is 7.12. The highest BCUT2D eigenvalue weighted by Gasteiger charge is 2.28. The minimum absolute atomic E-state index is 0.340. The highest BCUT2D eigenvalue weighted by Crippen LogP contribution is 2.45. The van der Waals surface area contributed by atoms with Crippen molar-refractivity contribution < 1.29 is 4.57 Å². The Hall–Kier alpha value is -0.750. The van der Waals surface area contributed by atoms with Crippen molar-refractivity contribution in [2.45, 2.75) is 13.8 Å². The fraction of sp³-hybridized carbons (Fsp3) is 0.250. The smallest absolute Gasteiger partial charge is 0.143 e. The molecular weight excluding hydrogens is 310 g/mol. The molecule has 0 bridgehead atoms. The third-order valence-electron chi connectivity index (χ3n) is 3.11. The highest BCUT2D eigenvalue weighted by atomic mass is 35.5. The van der Waals surface area contributed by atoms with Gasteiger partial charge in [0.2, 0.25) is 0 Å². The molecule has 0 amide bonds. The molecule has 0 aliphatic carbocycles. The maximum absolute atomic E-state index is 13.6. The first kappa shape index (κ1) is 15.6. The fourth-order valence-corrected chi connectivity index (χ4v) is 5.50. The van der Waals surface area contributed by atoms with E-state index in [9.17, 15) is 4.57 Å². The van der Waals surface area contributed by atoms with Crippen LogP contribution in [-0.2, 0) is 4.57 Å². The Morgan fingerprint density at radius 2 is 1.20 bits per heavy atom. The van der Waals surface area contributed by atoms with E-state index in [-0.39, 0.29) is 0 Å². The van der Waals surface area contributed by atoms with Crippen LogP contribution >= 0.6 is 30.3 Å². The van der Waals surface area contributed by atoms with Gasteiger partial charge in [0, 0.05) is 26.8 Å². The van der Waals surface area contributed by atoms with Gasteiger partial charge in [-0.15, -0.1) is 0 Å². The van der Waals surface area contributed by atoms with Crippen LogP contribution < -0.4 is 10.6 Å². The minimum atomic E-state index is -2.64. The quantitative estimate of drug-likeness (QED) is 0.725. The van der Waals surface area contributed by atoms with Crippen molar-refractivity contribution in [3.05, 3.63) is 58.6 Å². The monoisotopic (exact) mass is 326 g/mol. The van der Waals surface area contributed by atoms with Crippen molar-refractivity contribution >= 4 is 41.0 Å². The zero-order valence-corrected chi connectivity index (χ0v) is 13.9. The summed E-state index contributed by atoms with van der Waals surface area (Å²) in [6.45, 7) is 4.16. The molecule has 106 valence electrons. The first-order chi connectivity index (χ1) is 9.41. The molecule has 2 rings (SSSR count). The maximum Gasteiger partial charge on any atom is 0.143 e. The predicted octanol–water partition coefficient (Wildman–Crippen LogP) is 4.96. The molecule has 4 heteroatoms. The lowest BCUT2D eigenvalue weighted by atomic mass is 10.3. The average Bonchev–Trinajstić information content (AvgIpc) is 2.39. The van der Waals surface area contributed by atoms with E-state index in [1.54, 1.807) is 24.3 Å². The Balaban J connectivity index is 2.53. The van der Waals surface area contributed by atoms with E-state index < -0.39 is 7.14 Å². The predicted molar refractivity (Wildman–Crippen MR) is 89.5 cm³/mol. The third kappa shape index (κ3) is 3.47. The van der Waals surface area contributed by atoms with Crippen molar-refractivity contribution in [1.29, 1.82) is 0 Å². The SMILES string of the molecule is CC(C)CP(=O)(c1ccc(Cl)cc1)c1ccc(Cl)cc1. The summed E-state index contributed by atoms with van der Waals surface area (Å²) in [6, 6.07) is 14.6. The van der Waals surface area contributed by atoms with Gasteiger partial charge in [0.15, 0.2) is 0 Å². The van der Waals surface area contributed by atoms with Crippen molar-refractivity contribution in [2.75, 3.05) is 6.16 Å². The van der Waals surface area contributed by atoms with Crippen LogP contribution in [0.25, 0.3) is 0 Å². The molecule has 0 spiro atoms. The summed E-state index contributed by atoms with van der Waals surface area (Å²) >= 11 is 11.9. The lowest BCUT2D eigenvalue weighted by Gasteiger charge is -2.21. The van der Waals surface area contributed by atoms with Crippen LogP contribution in [-0.4, -0.2) is 6.16 Å². The highest BCUT2D eigenvalue weighted by molar-refractivity contribution is 7.78. The van der Waals surface area contributed by atoms with Crippen LogP contribution in [0.4, 0.5) is 0 Å². The summed E-state index contributed by atoms with van der Waals surface area (Å²) in [5.74, 6) is 0.340. The molecule has 0 fully saturated rings. The van der Waals surface area contributed by atoms with Crippen molar-refractivity contribution in [3.8, 4) is 0 Å². The summed E-state index contributed by atoms with van der Waals surface area (Å²) < 4.78 is 13.6. The Labute approximate surface area is 130 Å². The molecule has 0 saturated heterocycles. The molecule has 2 aromatic rings. The van der Waals surface area contributed by atoms with Crippen molar-refractivity contribution in [1.82, 2.24) is 0 Å². The lowest BCUT2D eigenvalue weighted by molar-refractivity contribution is 0.578. The molecule has 0 heterocycles. The minimum Gasteiger partial charge on any atom is -0.314 e. The number of rotatable bonds is 4. The van der Waals surface area contributed by atoms with E-state index in [0.717, 1.165) is 10.6 Å². The van der Waals surface area contributed by atoms with Gasteiger partial charge in [-0.05, 0) is 54.4 Å². The molecule has 0 aliphatic rings. The van der Waals surface area contributed by atoms with Crippen LogP contribution in [0.2, 0.25) is 10.0 Å². The molecule has 0 atom stereocenters. The Morgan fingerprint density at radius 3 is 1.50 bits per heavy atom. The van der Waals surface area contributed by atoms with Gasteiger partial charge in [0.25, 0.3) is 0 Å². The van der Waals surface area contributed by atoms with Crippen molar-refractivity contribution in [3.63, 3.8) is 0 Å². The van der Waals surface area contributed by atoms with Gasteiger partial charge in [0.05, 0.1) is 0 Å². The Kier molecular flexibility index (Phi) is 4.96. The first-order valence-corrected chi connectivity index (χ1v) is 9.18. The van der Waals surface area contributed by atoms with Gasteiger partial charge in [0.1, 0.15) is 7.14 Å². The van der Waals surface area contributed by atoms with E-state index in [1.165, 1.54) is 0 Å². The molecule has 1 nitrogen and oxygen atoms in total. The molecule has 0 radical (unpaired) electrons. The molecule has 20 heavy (non-hydrogen) atoms. The normalized spacial score (nSPS) is 11.8. The topological polar surface area (TPSA) is 17.1 Å². The summed E-state index contributed by atoms with van der Waals surface area (Å²) in [7, 11) is -2.64. The molecule has 0 N–H and O–H groups in total. The van der Waals surface area contributed by atoms with Crippen LogP contribution in [0, 0.1) is 5.92 Å². The standard InChI is InChI=1S/C16H17Cl2OP/c1-12(2)11-20(19,15-7-3-13(17)4-8-15)16-9-5-14(18)6-10-16/h3-10,12H,11H2,1-2H3. The van der Waals surface area contributed by atoms with Crippen molar-refractivity contribution in [2.24, 2.45) is 5.92 Å². The van der Waals surface area contributed by atoms with Gasteiger partial charge in [-0.2, -0.15) is 0 Å². The second-order valence-corrected chi connectivity index (χ2v) is 9.02. The molecule has 0 saturated carbocycles. The van der Waals surface area contributed by atoms with Gasteiger partial charge in [-0.25, -0.2) is 0 Å². The van der Waals surface area contributed by atoms with Gasteiger partial charge >= 0.3 is 0 Å². The molecule has 0 aromatic heterocycles. The number of hydrogen-bond acceptors (Lipinski definition) is 1. The van der Waals surface area contributed by atoms with Gasteiger partial charge < -0.3 is 4.57 Å². The van der Waals surface area contributed by atoms with Crippen LogP contribution in [0.1, 0.15) is 13.8 Å². The Bertz CT molecular complexity index is 568. The van der Waals surface area contributed by atoms with E-state index >= 15 is 0 Å². The molecular formula is C16H17Cl2OP. The van der Waals surface area contributed by atoms with Gasteiger partial charge in [-0.1, -0.05) is 37.0 Å². The summed E-state index contributed by atoms with van der Waals surface area (Å²) in [4.78, 5) is 0. The maximum atomic E-state index is 13.6. The first-order valence-electron chi connectivity index (χ1n) is 6.53. The number of hydrogen-bond donors (Lipinski definition) is 0. The van der Waals surface area contributed by atoms with Gasteiger partial charge in [-0.3, -0.25) is 0 Å². The van der Waals surface area contributed by atoms with E-state index in [4.69, 9.17) is 23.2 Å². The molecule has 2 aromatic carbocycles. The fourth-order valence-electron chi connectivity index (χ4n) is 2.24. The summed E-state index contributed by atoms with van der Waals surface area (Å²) in [6.07, 6.45) is 0.635. The lowest BCUT2D eigenvalue weighted by Crippen LogP contribution is -2.20. The van der Waals surface area contributed by atoms with E-state index in [0.29, 0.717) is 22.1 Å². The molecule has 0 aliphatic heterocycles. The van der Waals surface area contributed by atoms with Crippen LogP contribution in [0.5, 0.6) is 0 Å². The average molecular weight is 327 g/mol. The van der Waals surface area contributed by atoms with E-state index in [1.807, 2.05) is 24.3 Å². The number of halogens is 2. The summed E-state index contributed by atoms with van der Waals surface area (Å²) in [5, 5.41) is 3.00. The molecule has 0 unspecified atom stereocenters. The Morgan fingerprint density at radius 1 is 0.850 bits per heavy atom. The largest absolute Gasteiger partial charge is 0.314 e. The van der Waals surface area contributed by atoms with Crippen LogP contribution in [0.3, 0.4) is 0 Å². The zero-order chi connectivity index (χ0) is 14.8. The second-order valence-electron chi connectivity index (χ2n) is 5.27. The summed E-state index contributed by atoms with van der Waals surface area (Å²) in [5.41, 5.74) is 0. The van der Waals surface area contributed by atoms with E-state index in [2.05, 4.69) is 13.8 Å².